The lowest BCUT2D eigenvalue weighted by Crippen LogP contribution is -2.67. The number of amides is 1. The highest BCUT2D eigenvalue weighted by molar-refractivity contribution is 5.79. The van der Waals surface area contributed by atoms with Gasteiger partial charge in [-0.15, -0.1) is 0 Å². The molecule has 1 heterocycles. The van der Waals surface area contributed by atoms with Crippen molar-refractivity contribution in [3.8, 4) is 11.5 Å². The first-order valence-corrected chi connectivity index (χ1v) is 13.1. The Morgan fingerprint density at radius 3 is 2.06 bits per heavy atom. The minimum atomic E-state index is -0.0651. The van der Waals surface area contributed by atoms with Crippen molar-refractivity contribution in [1.82, 2.24) is 14.7 Å². The smallest absolute Gasteiger partial charge is 0.237 e. The van der Waals surface area contributed by atoms with Crippen LogP contribution in [0.25, 0.3) is 0 Å². The summed E-state index contributed by atoms with van der Waals surface area (Å²) in [4.78, 5) is 20.2. The van der Waals surface area contributed by atoms with Crippen LogP contribution in [0.4, 0.5) is 0 Å². The molecule has 6 heteroatoms. The summed E-state index contributed by atoms with van der Waals surface area (Å²) in [6.07, 6.45) is 8.01. The zero-order valence-electron chi connectivity index (χ0n) is 21.1. The van der Waals surface area contributed by atoms with Crippen molar-refractivity contribution in [1.29, 1.82) is 0 Å². The first-order chi connectivity index (χ1) is 16.8. The van der Waals surface area contributed by atoms with E-state index >= 15 is 0 Å². The van der Waals surface area contributed by atoms with E-state index in [0.717, 1.165) is 50.3 Å². The Morgan fingerprint density at radius 1 is 0.914 bits per heavy atom. The second-order valence-corrected chi connectivity index (χ2v) is 11.3. The molecule has 0 radical (unpaired) electrons. The highest BCUT2D eigenvalue weighted by atomic mass is 16.3. The van der Waals surface area contributed by atoms with Gasteiger partial charge in [-0.1, -0.05) is 30.7 Å². The molecule has 2 aliphatic carbocycles. The van der Waals surface area contributed by atoms with Crippen LogP contribution in [0.1, 0.15) is 56.1 Å². The fourth-order valence-corrected chi connectivity index (χ4v) is 6.55. The maximum atomic E-state index is 13.3. The van der Waals surface area contributed by atoms with Crippen LogP contribution in [0.2, 0.25) is 0 Å². The Kier molecular flexibility index (Phi) is 6.53. The van der Waals surface area contributed by atoms with Crippen molar-refractivity contribution >= 4 is 5.91 Å². The summed E-state index contributed by atoms with van der Waals surface area (Å²) in [6.45, 7) is 2.89. The molecule has 1 saturated heterocycles. The van der Waals surface area contributed by atoms with E-state index in [2.05, 4.69) is 36.0 Å². The van der Waals surface area contributed by atoms with E-state index in [9.17, 15) is 15.0 Å². The van der Waals surface area contributed by atoms with Gasteiger partial charge in [-0.25, -0.2) is 0 Å². The van der Waals surface area contributed by atoms with E-state index in [1.807, 2.05) is 17.0 Å². The first kappa shape index (κ1) is 24.1. The average Bonchev–Trinajstić information content (AvgIpc) is 2.81. The molecular weight excluding hydrogens is 438 g/mol. The number of piperazine rings is 1. The van der Waals surface area contributed by atoms with Crippen LogP contribution in [0, 0.1) is 5.92 Å². The van der Waals surface area contributed by atoms with Gasteiger partial charge in [0.05, 0.1) is 6.54 Å². The van der Waals surface area contributed by atoms with Gasteiger partial charge in [0.2, 0.25) is 5.91 Å². The number of carbonyl (C=O) groups is 1. The number of hydrogen-bond donors (Lipinski definition) is 2. The summed E-state index contributed by atoms with van der Waals surface area (Å²) in [5.74, 6) is 1.49. The molecule has 0 aromatic heterocycles. The van der Waals surface area contributed by atoms with E-state index in [1.54, 1.807) is 24.3 Å². The SMILES string of the molecule is CN(C)[C@]1(c2ccc(O)cc2)CC[C@]2(CC1)CN(Cc1ccc(O)cc1)C(=O)CN2CC1CCC1. The number of nitrogens with zero attached hydrogens (tertiary/aromatic N) is 3. The average molecular weight is 478 g/mol. The van der Waals surface area contributed by atoms with E-state index in [1.165, 1.54) is 24.8 Å². The molecule has 188 valence electrons. The van der Waals surface area contributed by atoms with Gasteiger partial charge in [0.1, 0.15) is 11.5 Å². The molecule has 35 heavy (non-hydrogen) atoms. The van der Waals surface area contributed by atoms with Crippen molar-refractivity contribution in [2.75, 3.05) is 33.7 Å². The summed E-state index contributed by atoms with van der Waals surface area (Å²) in [5, 5.41) is 19.5. The summed E-state index contributed by atoms with van der Waals surface area (Å²) in [7, 11) is 4.33. The molecule has 5 rings (SSSR count). The van der Waals surface area contributed by atoms with Crippen LogP contribution in [-0.2, 0) is 16.9 Å². The van der Waals surface area contributed by atoms with Crippen LogP contribution >= 0.6 is 0 Å². The molecule has 0 unspecified atom stereocenters. The molecule has 0 bridgehead atoms. The largest absolute Gasteiger partial charge is 0.508 e. The lowest BCUT2D eigenvalue weighted by molar-refractivity contribution is -0.149. The number of carbonyl (C=O) groups excluding carboxylic acids is 1. The molecule has 0 atom stereocenters. The third-order valence-electron chi connectivity index (χ3n) is 9.12. The van der Waals surface area contributed by atoms with Crippen molar-refractivity contribution in [3.05, 3.63) is 59.7 Å². The lowest BCUT2D eigenvalue weighted by atomic mass is 9.66. The molecule has 1 aliphatic heterocycles. The molecule has 2 N–H and O–H groups in total. The molecule has 1 spiro atoms. The van der Waals surface area contributed by atoms with E-state index in [-0.39, 0.29) is 22.7 Å². The monoisotopic (exact) mass is 477 g/mol. The fourth-order valence-electron chi connectivity index (χ4n) is 6.55. The van der Waals surface area contributed by atoms with E-state index in [0.29, 0.717) is 18.8 Å². The highest BCUT2D eigenvalue weighted by Crippen LogP contribution is 2.48. The molecule has 2 saturated carbocycles. The van der Waals surface area contributed by atoms with Crippen LogP contribution in [0.15, 0.2) is 48.5 Å². The number of phenols is 2. The highest BCUT2D eigenvalue weighted by Gasteiger charge is 2.51. The zero-order chi connectivity index (χ0) is 24.6. The van der Waals surface area contributed by atoms with Gasteiger partial charge >= 0.3 is 0 Å². The summed E-state index contributed by atoms with van der Waals surface area (Å²) >= 11 is 0. The molecule has 2 aromatic rings. The Hall–Kier alpha value is -2.57. The Bertz CT molecular complexity index is 1020. The molecule has 3 fully saturated rings. The molecular formula is C29H39N3O3. The Balaban J connectivity index is 1.40. The molecule has 2 aromatic carbocycles. The maximum absolute atomic E-state index is 13.3. The number of benzene rings is 2. The molecule has 6 nitrogen and oxygen atoms in total. The van der Waals surface area contributed by atoms with Crippen molar-refractivity contribution in [3.63, 3.8) is 0 Å². The number of hydrogen-bond acceptors (Lipinski definition) is 5. The van der Waals surface area contributed by atoms with Gasteiger partial charge in [0.15, 0.2) is 0 Å². The summed E-state index contributed by atoms with van der Waals surface area (Å²) in [5.41, 5.74) is 2.25. The van der Waals surface area contributed by atoms with Crippen molar-refractivity contribution in [2.24, 2.45) is 5.92 Å². The second-order valence-electron chi connectivity index (χ2n) is 11.3. The Labute approximate surface area is 209 Å². The minimum absolute atomic E-state index is 0.00313. The topological polar surface area (TPSA) is 67.2 Å². The maximum Gasteiger partial charge on any atom is 0.237 e. The number of rotatable bonds is 6. The van der Waals surface area contributed by atoms with Gasteiger partial charge < -0.3 is 15.1 Å². The fraction of sp³-hybridized carbons (Fsp3) is 0.552. The van der Waals surface area contributed by atoms with Gasteiger partial charge in [-0.2, -0.15) is 0 Å². The minimum Gasteiger partial charge on any atom is -0.508 e. The molecule has 3 aliphatic rings. The second kappa shape index (κ2) is 9.47. The summed E-state index contributed by atoms with van der Waals surface area (Å²) in [6, 6.07) is 15.0. The normalized spacial score (nSPS) is 28.0. The van der Waals surface area contributed by atoms with Crippen LogP contribution in [0.3, 0.4) is 0 Å². The van der Waals surface area contributed by atoms with Crippen molar-refractivity contribution < 1.29 is 15.0 Å². The Morgan fingerprint density at radius 2 is 1.51 bits per heavy atom. The third-order valence-corrected chi connectivity index (χ3v) is 9.12. The first-order valence-electron chi connectivity index (χ1n) is 13.1. The van der Waals surface area contributed by atoms with E-state index < -0.39 is 0 Å². The molecule has 1 amide bonds. The quantitative estimate of drug-likeness (QED) is 0.649. The van der Waals surface area contributed by atoms with Crippen LogP contribution in [0.5, 0.6) is 11.5 Å². The predicted octanol–water partition coefficient (Wildman–Crippen LogP) is 4.31. The zero-order valence-corrected chi connectivity index (χ0v) is 21.1. The third kappa shape index (κ3) is 4.66. The van der Waals surface area contributed by atoms with Gasteiger partial charge in [-0.3, -0.25) is 14.6 Å². The summed E-state index contributed by atoms with van der Waals surface area (Å²) < 4.78 is 0. The standard InChI is InChI=1S/C29H39N3O3/c1-30(2)29(24-8-12-26(34)13-9-24)16-14-28(15-17-29)21-31(18-23-6-10-25(33)11-7-23)27(35)20-32(28)19-22-4-3-5-22/h6-13,22,33-34H,3-5,14-21H2,1-2H3/t28-,29+. The number of aromatic hydroxyl groups is 2. The lowest BCUT2D eigenvalue weighted by Gasteiger charge is -2.58. The van der Waals surface area contributed by atoms with E-state index in [4.69, 9.17) is 0 Å². The van der Waals surface area contributed by atoms with Crippen LogP contribution < -0.4 is 0 Å². The predicted molar refractivity (Wildman–Crippen MR) is 137 cm³/mol. The van der Waals surface area contributed by atoms with Gasteiger partial charge in [0, 0.05) is 30.7 Å². The van der Waals surface area contributed by atoms with Gasteiger partial charge in [-0.05, 0) is 93.9 Å². The van der Waals surface area contributed by atoms with Crippen LogP contribution in [-0.4, -0.2) is 70.1 Å². The van der Waals surface area contributed by atoms with Gasteiger partial charge in [0.25, 0.3) is 0 Å². The van der Waals surface area contributed by atoms with Crippen molar-refractivity contribution in [2.45, 2.75) is 62.6 Å². The number of phenolic OH excluding ortho intramolecular Hbond substituents is 2.